The van der Waals surface area contributed by atoms with Crippen LogP contribution in [0.4, 0.5) is 5.69 Å². The first-order valence-electron chi connectivity index (χ1n) is 5.14. The third-order valence-corrected chi connectivity index (χ3v) is 2.03. The molecule has 0 aliphatic heterocycles. The number of nitro benzene ring substituents is 1. The minimum atomic E-state index is -0.448. The molecule has 0 aliphatic carbocycles. The van der Waals surface area contributed by atoms with Crippen LogP contribution in [0.2, 0.25) is 0 Å². The molecular weight excluding hydrogens is 208 g/mol. The minimum Gasteiger partial charge on any atom is -0.487 e. The quantitative estimate of drug-likeness (QED) is 0.613. The number of ether oxygens (including phenoxy) is 1. The van der Waals surface area contributed by atoms with Gasteiger partial charge in [0.2, 0.25) is 0 Å². The van der Waals surface area contributed by atoms with E-state index in [1.54, 1.807) is 12.1 Å². The molecule has 2 N–H and O–H groups in total. The van der Waals surface area contributed by atoms with Crippen molar-refractivity contribution in [3.05, 3.63) is 33.9 Å². The van der Waals surface area contributed by atoms with Gasteiger partial charge in [0, 0.05) is 12.6 Å². The van der Waals surface area contributed by atoms with E-state index in [0.29, 0.717) is 24.8 Å². The van der Waals surface area contributed by atoms with E-state index < -0.39 is 4.92 Å². The Morgan fingerprint density at radius 3 is 2.69 bits per heavy atom. The third-order valence-electron chi connectivity index (χ3n) is 2.03. The van der Waals surface area contributed by atoms with Crippen LogP contribution in [0.5, 0.6) is 5.75 Å². The molecule has 88 valence electrons. The molecule has 0 atom stereocenters. The molecule has 0 radical (unpaired) electrons. The van der Waals surface area contributed by atoms with Crippen LogP contribution in [0.3, 0.4) is 0 Å². The summed E-state index contributed by atoms with van der Waals surface area (Å²) in [6.07, 6.45) is 0. The molecule has 0 amide bonds. The number of rotatable bonds is 5. The molecule has 1 rings (SSSR count). The first-order valence-corrected chi connectivity index (χ1v) is 5.14. The molecule has 0 saturated heterocycles. The van der Waals surface area contributed by atoms with Gasteiger partial charge in [-0.2, -0.15) is 0 Å². The molecule has 0 aliphatic rings. The highest BCUT2D eigenvalue weighted by Crippen LogP contribution is 2.28. The van der Waals surface area contributed by atoms with E-state index in [0.717, 1.165) is 5.56 Å². The molecular formula is C11H16N2O3. The summed E-state index contributed by atoms with van der Waals surface area (Å²) >= 11 is 0. The Balaban J connectivity index is 2.96. The second kappa shape index (κ2) is 5.46. The van der Waals surface area contributed by atoms with Crippen LogP contribution in [-0.4, -0.2) is 11.5 Å². The van der Waals surface area contributed by atoms with Gasteiger partial charge in [-0.1, -0.05) is 19.9 Å². The summed E-state index contributed by atoms with van der Waals surface area (Å²) in [6.45, 7) is 4.77. The summed E-state index contributed by atoms with van der Waals surface area (Å²) in [6, 6.07) is 4.69. The van der Waals surface area contributed by atoms with Crippen LogP contribution in [0.15, 0.2) is 18.2 Å². The number of hydrogen-bond donors (Lipinski definition) is 1. The maximum Gasteiger partial charge on any atom is 0.310 e. The monoisotopic (exact) mass is 224 g/mol. The van der Waals surface area contributed by atoms with Crippen LogP contribution in [0.25, 0.3) is 0 Å². The number of nitrogens with zero attached hydrogens (tertiary/aromatic N) is 1. The van der Waals surface area contributed by atoms with Crippen molar-refractivity contribution in [1.29, 1.82) is 0 Å². The van der Waals surface area contributed by atoms with Crippen molar-refractivity contribution in [2.24, 2.45) is 11.7 Å². The van der Waals surface area contributed by atoms with Gasteiger partial charge in [0.15, 0.2) is 5.75 Å². The zero-order valence-corrected chi connectivity index (χ0v) is 9.47. The summed E-state index contributed by atoms with van der Waals surface area (Å²) in [5.74, 6) is 0.614. The fourth-order valence-corrected chi connectivity index (χ4v) is 1.21. The van der Waals surface area contributed by atoms with E-state index >= 15 is 0 Å². The fraction of sp³-hybridized carbons (Fsp3) is 0.455. The molecule has 0 aromatic heterocycles. The Morgan fingerprint density at radius 2 is 2.19 bits per heavy atom. The largest absolute Gasteiger partial charge is 0.487 e. The minimum absolute atomic E-state index is 0.0159. The van der Waals surface area contributed by atoms with Gasteiger partial charge in [-0.25, -0.2) is 0 Å². The molecule has 0 spiro atoms. The molecule has 0 heterocycles. The zero-order chi connectivity index (χ0) is 12.1. The average molecular weight is 224 g/mol. The molecule has 0 saturated carbocycles. The highest BCUT2D eigenvalue weighted by molar-refractivity contribution is 5.48. The maximum atomic E-state index is 10.8. The Bertz CT molecular complexity index is 377. The standard InChI is InChI=1S/C11H16N2O3/c1-8(2)7-16-11-5-9(6-12)3-4-10(11)13(14)15/h3-5,8H,6-7,12H2,1-2H3. The van der Waals surface area contributed by atoms with Crippen molar-refractivity contribution >= 4 is 5.69 Å². The van der Waals surface area contributed by atoms with Crippen molar-refractivity contribution in [2.75, 3.05) is 6.61 Å². The van der Waals surface area contributed by atoms with Crippen LogP contribution >= 0.6 is 0 Å². The average Bonchev–Trinajstić information content (AvgIpc) is 2.25. The van der Waals surface area contributed by atoms with Crippen LogP contribution < -0.4 is 10.5 Å². The van der Waals surface area contributed by atoms with Gasteiger partial charge in [0.25, 0.3) is 0 Å². The second-order valence-corrected chi connectivity index (χ2v) is 3.97. The molecule has 1 aromatic rings. The van der Waals surface area contributed by atoms with Gasteiger partial charge in [0.1, 0.15) is 0 Å². The predicted octanol–water partition coefficient (Wildman–Crippen LogP) is 2.09. The van der Waals surface area contributed by atoms with Crippen molar-refractivity contribution in [3.63, 3.8) is 0 Å². The number of nitro groups is 1. The normalized spacial score (nSPS) is 10.5. The predicted molar refractivity (Wildman–Crippen MR) is 61.3 cm³/mol. The van der Waals surface area contributed by atoms with E-state index in [2.05, 4.69) is 0 Å². The lowest BCUT2D eigenvalue weighted by Crippen LogP contribution is -2.07. The van der Waals surface area contributed by atoms with Gasteiger partial charge in [-0.05, 0) is 17.5 Å². The maximum absolute atomic E-state index is 10.8. The highest BCUT2D eigenvalue weighted by Gasteiger charge is 2.15. The lowest BCUT2D eigenvalue weighted by molar-refractivity contribution is -0.385. The van der Waals surface area contributed by atoms with Crippen molar-refractivity contribution in [2.45, 2.75) is 20.4 Å². The van der Waals surface area contributed by atoms with E-state index in [4.69, 9.17) is 10.5 Å². The van der Waals surface area contributed by atoms with Crippen molar-refractivity contribution < 1.29 is 9.66 Å². The smallest absolute Gasteiger partial charge is 0.310 e. The van der Waals surface area contributed by atoms with Crippen LogP contribution in [0.1, 0.15) is 19.4 Å². The zero-order valence-electron chi connectivity index (χ0n) is 9.47. The lowest BCUT2D eigenvalue weighted by atomic mass is 10.2. The van der Waals surface area contributed by atoms with Crippen molar-refractivity contribution in [3.8, 4) is 5.75 Å². The summed E-state index contributed by atoms with van der Waals surface area (Å²) in [5.41, 5.74) is 6.28. The lowest BCUT2D eigenvalue weighted by Gasteiger charge is -2.09. The first-order chi connectivity index (χ1) is 7.54. The van der Waals surface area contributed by atoms with E-state index in [9.17, 15) is 10.1 Å². The van der Waals surface area contributed by atoms with Gasteiger partial charge < -0.3 is 10.5 Å². The summed E-state index contributed by atoms with van der Waals surface area (Å²) in [7, 11) is 0. The van der Waals surface area contributed by atoms with Crippen LogP contribution in [0, 0.1) is 16.0 Å². The first kappa shape index (κ1) is 12.4. The summed E-state index contributed by atoms with van der Waals surface area (Å²) in [5, 5.41) is 10.8. The van der Waals surface area contributed by atoms with Gasteiger partial charge in [-0.3, -0.25) is 10.1 Å². The van der Waals surface area contributed by atoms with Gasteiger partial charge in [-0.15, -0.1) is 0 Å². The Morgan fingerprint density at radius 1 is 1.50 bits per heavy atom. The number of benzene rings is 1. The Kier molecular flexibility index (Phi) is 4.25. The number of nitrogens with two attached hydrogens (primary N) is 1. The summed E-state index contributed by atoms with van der Waals surface area (Å²) < 4.78 is 5.41. The van der Waals surface area contributed by atoms with Crippen molar-refractivity contribution in [1.82, 2.24) is 0 Å². The van der Waals surface area contributed by atoms with E-state index in [1.807, 2.05) is 13.8 Å². The SMILES string of the molecule is CC(C)COc1cc(CN)ccc1[N+](=O)[O-]. The molecule has 1 aromatic carbocycles. The molecule has 0 unspecified atom stereocenters. The van der Waals surface area contributed by atoms with E-state index in [1.165, 1.54) is 6.07 Å². The molecule has 0 fully saturated rings. The van der Waals surface area contributed by atoms with E-state index in [-0.39, 0.29) is 5.69 Å². The topological polar surface area (TPSA) is 78.4 Å². The molecule has 5 nitrogen and oxygen atoms in total. The molecule has 16 heavy (non-hydrogen) atoms. The summed E-state index contributed by atoms with van der Waals surface area (Å²) in [4.78, 5) is 10.3. The highest BCUT2D eigenvalue weighted by atomic mass is 16.6. The Hall–Kier alpha value is -1.62. The molecule has 5 heteroatoms. The fourth-order valence-electron chi connectivity index (χ4n) is 1.21. The van der Waals surface area contributed by atoms with Gasteiger partial charge in [0.05, 0.1) is 11.5 Å². The van der Waals surface area contributed by atoms with Gasteiger partial charge >= 0.3 is 5.69 Å². The third kappa shape index (κ3) is 3.20. The second-order valence-electron chi connectivity index (χ2n) is 3.97. The van der Waals surface area contributed by atoms with Crippen LogP contribution in [-0.2, 0) is 6.54 Å². The molecule has 0 bridgehead atoms. The number of hydrogen-bond acceptors (Lipinski definition) is 4. The Labute approximate surface area is 94.4 Å².